The molecule has 1 saturated heterocycles. The van der Waals surface area contributed by atoms with Crippen molar-refractivity contribution in [2.75, 3.05) is 11.4 Å². The van der Waals surface area contributed by atoms with Crippen LogP contribution in [0.5, 0.6) is 0 Å². The Kier molecular flexibility index (Phi) is 2.38. The van der Waals surface area contributed by atoms with Crippen molar-refractivity contribution in [3.05, 3.63) is 29.3 Å². The van der Waals surface area contributed by atoms with Gasteiger partial charge >= 0.3 is 6.18 Å². The summed E-state index contributed by atoms with van der Waals surface area (Å²) in [4.78, 5) is -1.03. The van der Waals surface area contributed by atoms with E-state index in [0.29, 0.717) is 5.69 Å². The van der Waals surface area contributed by atoms with E-state index < -0.39 is 11.2 Å². The van der Waals surface area contributed by atoms with Gasteiger partial charge in [0.2, 0.25) is 5.00 Å². The van der Waals surface area contributed by atoms with Crippen molar-refractivity contribution in [1.29, 1.82) is 0 Å². The van der Waals surface area contributed by atoms with Crippen LogP contribution < -0.4 is 4.90 Å². The van der Waals surface area contributed by atoms with Crippen molar-refractivity contribution in [1.82, 2.24) is 0 Å². The van der Waals surface area contributed by atoms with Crippen LogP contribution in [0.15, 0.2) is 18.2 Å². The Balaban J connectivity index is 2.34. The molecule has 0 saturated carbocycles. The summed E-state index contributed by atoms with van der Waals surface area (Å²) in [6.07, 6.45) is -4.40. The molecule has 1 heterocycles. The highest BCUT2D eigenvalue weighted by Gasteiger charge is 2.69. The lowest BCUT2D eigenvalue weighted by Crippen LogP contribution is -2.31. The van der Waals surface area contributed by atoms with Crippen molar-refractivity contribution < 1.29 is 13.2 Å². The summed E-state index contributed by atoms with van der Waals surface area (Å²) in [7, 11) is 0. The molecule has 0 aliphatic carbocycles. The number of hydrogen-bond acceptors (Lipinski definition) is 1. The van der Waals surface area contributed by atoms with E-state index in [4.69, 9.17) is 11.6 Å². The first-order chi connectivity index (χ1) is 7.27. The van der Waals surface area contributed by atoms with Gasteiger partial charge in [-0.25, -0.2) is 0 Å². The number of halogens is 4. The van der Waals surface area contributed by atoms with Crippen molar-refractivity contribution in [2.24, 2.45) is 0 Å². The van der Waals surface area contributed by atoms with Gasteiger partial charge in [0, 0.05) is 5.69 Å². The summed E-state index contributed by atoms with van der Waals surface area (Å²) in [5, 5.41) is 0. The van der Waals surface area contributed by atoms with Crippen molar-refractivity contribution in [2.45, 2.75) is 25.0 Å². The molecular weight excluding hydrogens is 239 g/mol. The van der Waals surface area contributed by atoms with Crippen LogP contribution in [-0.2, 0) is 0 Å². The first kappa shape index (κ1) is 11.6. The van der Waals surface area contributed by atoms with Gasteiger partial charge in [-0.1, -0.05) is 23.7 Å². The summed E-state index contributed by atoms with van der Waals surface area (Å²) < 4.78 is 37.9. The van der Waals surface area contributed by atoms with E-state index in [1.165, 1.54) is 4.90 Å². The van der Waals surface area contributed by atoms with Gasteiger partial charge in [-0.3, -0.25) is 0 Å². The fraction of sp³-hybridized carbons (Fsp3) is 0.455. The number of hydrogen-bond donors (Lipinski definition) is 0. The monoisotopic (exact) mass is 249 g/mol. The standard InChI is InChI=1S/C11H11ClF3N/c1-7-4-3-5-9(8(7)2)16-6-10(16,12)11(13,14)15/h3-5H,6H2,1-2H3. The van der Waals surface area contributed by atoms with E-state index in [0.717, 1.165) is 11.1 Å². The number of alkyl halides is 4. The first-order valence-corrected chi connectivity index (χ1v) is 5.24. The van der Waals surface area contributed by atoms with Crippen LogP contribution >= 0.6 is 11.6 Å². The maximum absolute atomic E-state index is 12.6. The number of nitrogens with zero attached hydrogens (tertiary/aromatic N) is 1. The zero-order valence-electron chi connectivity index (χ0n) is 8.90. The van der Waals surface area contributed by atoms with E-state index in [2.05, 4.69) is 0 Å². The molecule has 0 N–H and O–H groups in total. The average molecular weight is 250 g/mol. The Bertz CT molecular complexity index is 430. The number of anilines is 1. The zero-order chi connectivity index (χ0) is 12.1. The van der Waals surface area contributed by atoms with Crippen LogP contribution in [-0.4, -0.2) is 17.7 Å². The predicted octanol–water partition coefficient (Wildman–Crippen LogP) is 3.62. The van der Waals surface area contributed by atoms with Gasteiger partial charge in [0.1, 0.15) is 0 Å². The molecule has 1 aromatic carbocycles. The number of aryl methyl sites for hydroxylation is 1. The lowest BCUT2D eigenvalue weighted by atomic mass is 10.1. The SMILES string of the molecule is Cc1cccc(N2CC2(Cl)C(F)(F)F)c1C. The molecule has 1 fully saturated rings. The molecule has 1 aliphatic rings. The highest BCUT2D eigenvalue weighted by Crippen LogP contribution is 2.52. The molecule has 16 heavy (non-hydrogen) atoms. The fourth-order valence-electron chi connectivity index (χ4n) is 1.72. The van der Waals surface area contributed by atoms with Crippen LogP contribution in [0.3, 0.4) is 0 Å². The molecule has 1 unspecified atom stereocenters. The van der Waals surface area contributed by atoms with E-state index in [1.807, 2.05) is 13.0 Å². The van der Waals surface area contributed by atoms with Gasteiger partial charge in [0.25, 0.3) is 0 Å². The van der Waals surface area contributed by atoms with Crippen LogP contribution in [0.4, 0.5) is 18.9 Å². The van der Waals surface area contributed by atoms with Crippen molar-refractivity contribution >= 4 is 17.3 Å². The average Bonchev–Trinajstić information content (AvgIpc) is 2.83. The Morgan fingerprint density at radius 1 is 1.31 bits per heavy atom. The van der Waals surface area contributed by atoms with E-state index in [9.17, 15) is 13.2 Å². The molecule has 1 nitrogen and oxygen atoms in total. The Morgan fingerprint density at radius 2 is 1.94 bits per heavy atom. The normalized spacial score (nSPS) is 24.8. The molecule has 1 atom stereocenters. The molecule has 1 aromatic rings. The quantitative estimate of drug-likeness (QED) is 0.417. The summed E-state index contributed by atoms with van der Waals surface area (Å²) in [6, 6.07) is 5.27. The maximum atomic E-state index is 12.6. The van der Waals surface area contributed by atoms with Crippen LogP contribution in [0, 0.1) is 13.8 Å². The largest absolute Gasteiger partial charge is 0.427 e. The Morgan fingerprint density at radius 3 is 2.44 bits per heavy atom. The van der Waals surface area contributed by atoms with Gasteiger partial charge in [-0.05, 0) is 31.0 Å². The minimum absolute atomic E-state index is 0.178. The predicted molar refractivity (Wildman–Crippen MR) is 57.9 cm³/mol. The second kappa shape index (κ2) is 3.29. The minimum Gasteiger partial charge on any atom is -0.340 e. The first-order valence-electron chi connectivity index (χ1n) is 4.87. The fourth-order valence-corrected chi connectivity index (χ4v) is 1.93. The van der Waals surface area contributed by atoms with E-state index in [-0.39, 0.29) is 6.54 Å². The molecule has 1 aliphatic heterocycles. The summed E-state index contributed by atoms with van der Waals surface area (Å²) in [6.45, 7) is 3.49. The lowest BCUT2D eigenvalue weighted by molar-refractivity contribution is -0.136. The number of benzene rings is 1. The summed E-state index contributed by atoms with van der Waals surface area (Å²) >= 11 is 5.55. The Hall–Kier alpha value is -0.900. The molecule has 0 spiro atoms. The van der Waals surface area contributed by atoms with Gasteiger partial charge in [-0.2, -0.15) is 13.2 Å². The highest BCUT2D eigenvalue weighted by molar-refractivity contribution is 6.29. The summed E-state index contributed by atoms with van der Waals surface area (Å²) in [5.41, 5.74) is 2.37. The lowest BCUT2D eigenvalue weighted by Gasteiger charge is -2.17. The zero-order valence-corrected chi connectivity index (χ0v) is 9.65. The molecule has 0 bridgehead atoms. The van der Waals surface area contributed by atoms with Crippen molar-refractivity contribution in [3.63, 3.8) is 0 Å². The Labute approximate surface area is 96.8 Å². The van der Waals surface area contributed by atoms with Gasteiger partial charge in [-0.15, -0.1) is 0 Å². The second-order valence-electron chi connectivity index (χ2n) is 4.06. The molecule has 2 rings (SSSR count). The van der Waals surface area contributed by atoms with E-state index in [1.54, 1.807) is 19.1 Å². The second-order valence-corrected chi connectivity index (χ2v) is 4.69. The molecule has 0 amide bonds. The van der Waals surface area contributed by atoms with Gasteiger partial charge in [0.05, 0.1) is 6.54 Å². The van der Waals surface area contributed by atoms with Crippen molar-refractivity contribution in [3.8, 4) is 0 Å². The third kappa shape index (κ3) is 1.56. The van der Waals surface area contributed by atoms with Gasteiger partial charge < -0.3 is 4.90 Å². The third-order valence-corrected chi connectivity index (χ3v) is 3.53. The highest BCUT2D eigenvalue weighted by atomic mass is 35.5. The van der Waals surface area contributed by atoms with Crippen LogP contribution in [0.25, 0.3) is 0 Å². The number of rotatable bonds is 1. The molecular formula is C11H11ClF3N. The molecule has 88 valence electrons. The van der Waals surface area contributed by atoms with Crippen LogP contribution in [0.2, 0.25) is 0 Å². The van der Waals surface area contributed by atoms with E-state index >= 15 is 0 Å². The van der Waals surface area contributed by atoms with Gasteiger partial charge in [0.15, 0.2) is 0 Å². The molecule has 0 aromatic heterocycles. The maximum Gasteiger partial charge on any atom is 0.427 e. The molecule has 5 heteroatoms. The topological polar surface area (TPSA) is 3.01 Å². The molecule has 0 radical (unpaired) electrons. The minimum atomic E-state index is -4.40. The smallest absolute Gasteiger partial charge is 0.340 e. The van der Waals surface area contributed by atoms with Crippen LogP contribution in [0.1, 0.15) is 11.1 Å². The summed E-state index contributed by atoms with van der Waals surface area (Å²) in [5.74, 6) is 0. The third-order valence-electron chi connectivity index (χ3n) is 2.99.